The highest BCUT2D eigenvalue weighted by atomic mass is 35.5. The zero-order chi connectivity index (χ0) is 8.81. The van der Waals surface area contributed by atoms with Gasteiger partial charge in [0.15, 0.2) is 0 Å². The van der Waals surface area contributed by atoms with Gasteiger partial charge in [-0.05, 0) is 6.42 Å². The number of hydrogen-bond acceptors (Lipinski definition) is 2. The summed E-state index contributed by atoms with van der Waals surface area (Å²) in [5.74, 6) is 0. The fourth-order valence-electron chi connectivity index (χ4n) is 1.28. The Labute approximate surface area is 88.0 Å². The van der Waals surface area contributed by atoms with Crippen molar-refractivity contribution in [1.29, 1.82) is 0 Å². The topological polar surface area (TPSA) is 6.48 Å². The molecule has 13 heavy (non-hydrogen) atoms. The smallest absolute Gasteiger partial charge is 0.564 e. The average Bonchev–Trinajstić information content (AvgIpc) is 2.45. The van der Waals surface area contributed by atoms with Crippen LogP contribution in [0.1, 0.15) is 32.6 Å². The number of nitrogens with zero attached hydrogens (tertiary/aromatic N) is 2. The molecular weight excluding hydrogens is 184 g/mol. The molecule has 1 aliphatic heterocycles. The average molecular weight is 202 g/mol. The molecular formula is C10H18ClN2. The summed E-state index contributed by atoms with van der Waals surface area (Å²) < 4.78 is 0. The number of unbranched alkanes of at least 4 members (excludes halogenated alkanes) is 3. The molecule has 1 heterocycles. The van der Waals surface area contributed by atoms with Gasteiger partial charge in [-0.25, -0.2) is 0 Å². The minimum atomic E-state index is 0. The normalized spacial score (nSPS) is 14.3. The van der Waals surface area contributed by atoms with E-state index in [1.807, 2.05) is 18.1 Å². The van der Waals surface area contributed by atoms with E-state index in [0.29, 0.717) is 0 Å². The van der Waals surface area contributed by atoms with Crippen LogP contribution >= 0.6 is 0 Å². The molecule has 1 aliphatic rings. The van der Waals surface area contributed by atoms with E-state index in [4.69, 9.17) is 0 Å². The lowest BCUT2D eigenvalue weighted by molar-refractivity contribution is -0.00000265. The lowest BCUT2D eigenvalue weighted by Gasteiger charge is -2.01. The van der Waals surface area contributed by atoms with Gasteiger partial charge in [-0.15, -0.1) is 9.80 Å². The van der Waals surface area contributed by atoms with Gasteiger partial charge in [0.1, 0.15) is 0 Å². The van der Waals surface area contributed by atoms with Crippen LogP contribution < -0.4 is 12.4 Å². The second-order valence-corrected chi connectivity index (χ2v) is 3.26. The molecule has 0 fully saturated rings. The molecule has 0 aromatic rings. The van der Waals surface area contributed by atoms with Gasteiger partial charge in [0.05, 0.1) is 26.0 Å². The summed E-state index contributed by atoms with van der Waals surface area (Å²) in [4.78, 5) is 4.08. The van der Waals surface area contributed by atoms with E-state index in [-0.39, 0.29) is 12.4 Å². The molecule has 2 nitrogen and oxygen atoms in total. The van der Waals surface area contributed by atoms with Gasteiger partial charge in [-0.1, -0.05) is 26.2 Å². The molecule has 0 saturated heterocycles. The van der Waals surface area contributed by atoms with Crippen LogP contribution in [0, 0.1) is 6.67 Å². The van der Waals surface area contributed by atoms with Crippen LogP contribution in [0.15, 0.2) is 12.4 Å². The first-order valence-electron chi connectivity index (χ1n) is 4.77. The predicted octanol–water partition coefficient (Wildman–Crippen LogP) is -0.714. The van der Waals surface area contributed by atoms with Crippen molar-refractivity contribution in [2.24, 2.45) is 0 Å². The number of halogens is 1. The molecule has 0 spiro atoms. The van der Waals surface area contributed by atoms with Gasteiger partial charge in [0.2, 0.25) is 0 Å². The van der Waals surface area contributed by atoms with Crippen molar-refractivity contribution in [3.8, 4) is 0 Å². The van der Waals surface area contributed by atoms with E-state index in [1.165, 1.54) is 25.7 Å². The zero-order valence-corrected chi connectivity index (χ0v) is 9.22. The van der Waals surface area contributed by atoms with Crippen molar-refractivity contribution in [1.82, 2.24) is 9.80 Å². The Balaban J connectivity index is 0.00000144. The molecule has 0 amide bonds. The SMILES string of the molecule is CCCCCCN1[C+]N(C)C=C1.[Cl-]. The molecule has 0 N–H and O–H groups in total. The van der Waals surface area contributed by atoms with E-state index in [1.54, 1.807) is 0 Å². The maximum absolute atomic E-state index is 3.19. The summed E-state index contributed by atoms with van der Waals surface area (Å²) in [6.45, 7) is 6.54. The fourth-order valence-corrected chi connectivity index (χ4v) is 1.28. The van der Waals surface area contributed by atoms with Crippen molar-refractivity contribution in [2.75, 3.05) is 13.6 Å². The number of rotatable bonds is 5. The first kappa shape index (κ1) is 12.5. The Kier molecular flexibility index (Phi) is 6.69. The Bertz CT molecular complexity index is 148. The molecule has 1 rings (SSSR count). The fraction of sp³-hybridized carbons (Fsp3) is 0.700. The molecule has 0 unspecified atom stereocenters. The third-order valence-electron chi connectivity index (χ3n) is 2.01. The van der Waals surface area contributed by atoms with E-state index < -0.39 is 0 Å². The van der Waals surface area contributed by atoms with Crippen LogP contribution in [-0.2, 0) is 0 Å². The highest BCUT2D eigenvalue weighted by Crippen LogP contribution is 2.10. The molecule has 0 aliphatic carbocycles. The van der Waals surface area contributed by atoms with Crippen LogP contribution in [0.4, 0.5) is 0 Å². The third-order valence-corrected chi connectivity index (χ3v) is 2.01. The Hall–Kier alpha value is -0.500. The van der Waals surface area contributed by atoms with Gasteiger partial charge in [-0.2, -0.15) is 0 Å². The van der Waals surface area contributed by atoms with Crippen molar-refractivity contribution in [2.45, 2.75) is 32.6 Å². The summed E-state index contributed by atoms with van der Waals surface area (Å²) in [6.07, 6.45) is 9.38. The minimum absolute atomic E-state index is 0. The van der Waals surface area contributed by atoms with Gasteiger partial charge in [0.25, 0.3) is 0 Å². The van der Waals surface area contributed by atoms with Gasteiger partial charge in [-0.3, -0.25) is 0 Å². The largest absolute Gasteiger partial charge is 1.00 e. The van der Waals surface area contributed by atoms with Crippen LogP contribution in [0.5, 0.6) is 0 Å². The summed E-state index contributed by atoms with van der Waals surface area (Å²) >= 11 is 0. The van der Waals surface area contributed by atoms with E-state index in [2.05, 4.69) is 24.7 Å². The molecule has 75 valence electrons. The summed E-state index contributed by atoms with van der Waals surface area (Å²) in [6, 6.07) is 0. The van der Waals surface area contributed by atoms with Crippen LogP contribution in [-0.4, -0.2) is 23.4 Å². The maximum atomic E-state index is 3.19. The van der Waals surface area contributed by atoms with Crippen molar-refractivity contribution < 1.29 is 12.4 Å². The summed E-state index contributed by atoms with van der Waals surface area (Å²) in [7, 11) is 2.00. The molecule has 0 saturated carbocycles. The molecule has 0 aromatic carbocycles. The highest BCUT2D eigenvalue weighted by molar-refractivity contribution is 4.94. The monoisotopic (exact) mass is 201 g/mol. The molecule has 3 heteroatoms. The molecule has 0 bridgehead atoms. The van der Waals surface area contributed by atoms with Crippen LogP contribution in [0.3, 0.4) is 0 Å². The van der Waals surface area contributed by atoms with Gasteiger partial charge < -0.3 is 12.4 Å². The maximum Gasteiger partial charge on any atom is 0.564 e. The molecule has 1 radical (unpaired) electrons. The van der Waals surface area contributed by atoms with E-state index >= 15 is 0 Å². The van der Waals surface area contributed by atoms with E-state index in [0.717, 1.165) is 6.54 Å². The Morgan fingerprint density at radius 3 is 2.46 bits per heavy atom. The lowest BCUT2D eigenvalue weighted by atomic mass is 10.2. The third kappa shape index (κ3) is 4.94. The quantitative estimate of drug-likeness (QED) is 0.428. The summed E-state index contributed by atoms with van der Waals surface area (Å²) in [5.41, 5.74) is 0. The highest BCUT2D eigenvalue weighted by Gasteiger charge is 2.26. The van der Waals surface area contributed by atoms with Crippen molar-refractivity contribution in [3.05, 3.63) is 19.1 Å². The lowest BCUT2D eigenvalue weighted by Crippen LogP contribution is -3.00. The molecule has 0 atom stereocenters. The minimum Gasteiger partial charge on any atom is -1.00 e. The second kappa shape index (κ2) is 6.96. The second-order valence-electron chi connectivity index (χ2n) is 3.26. The first-order valence-corrected chi connectivity index (χ1v) is 4.77. The van der Waals surface area contributed by atoms with Gasteiger partial charge >= 0.3 is 6.67 Å². The van der Waals surface area contributed by atoms with Gasteiger partial charge in [0, 0.05) is 0 Å². The van der Waals surface area contributed by atoms with Crippen molar-refractivity contribution >= 4 is 0 Å². The Morgan fingerprint density at radius 2 is 1.92 bits per heavy atom. The van der Waals surface area contributed by atoms with E-state index in [9.17, 15) is 0 Å². The first-order chi connectivity index (χ1) is 5.83. The van der Waals surface area contributed by atoms with Crippen LogP contribution in [0.2, 0.25) is 0 Å². The standard InChI is InChI=1S/C10H18N2.ClH/c1-3-4-5-6-7-12-9-8-11(2)10-12;/h8-9H,3-7H2,1-2H3;1H/q+1;/p-1. The Morgan fingerprint density at radius 1 is 1.15 bits per heavy atom. The van der Waals surface area contributed by atoms with Crippen molar-refractivity contribution in [3.63, 3.8) is 0 Å². The summed E-state index contributed by atoms with van der Waals surface area (Å²) in [5, 5.41) is 0. The van der Waals surface area contributed by atoms with Crippen LogP contribution in [0.25, 0.3) is 0 Å². The number of hydrogen-bond donors (Lipinski definition) is 0. The predicted molar refractivity (Wildman–Crippen MR) is 51.0 cm³/mol. The molecule has 0 aromatic heterocycles. The zero-order valence-electron chi connectivity index (χ0n) is 8.46.